The molecule has 0 unspecified atom stereocenters. The molecular weight excluding hydrogens is 464 g/mol. The maximum Gasteiger partial charge on any atom is 0.343 e. The van der Waals surface area contributed by atoms with Gasteiger partial charge >= 0.3 is 5.97 Å². The lowest BCUT2D eigenvalue weighted by atomic mass is 10.2. The van der Waals surface area contributed by atoms with Gasteiger partial charge in [-0.25, -0.2) is 4.79 Å². The Bertz CT molecular complexity index is 1380. The second-order valence-electron chi connectivity index (χ2n) is 8.18. The van der Waals surface area contributed by atoms with Gasteiger partial charge in [0.15, 0.2) is 0 Å². The topological polar surface area (TPSA) is 91.9 Å². The molecule has 8 heteroatoms. The number of benzene rings is 3. The third kappa shape index (κ3) is 6.91. The Hall–Kier alpha value is -4.72. The van der Waals surface area contributed by atoms with Crippen molar-refractivity contribution in [2.24, 2.45) is 20.5 Å². The molecule has 186 valence electrons. The van der Waals surface area contributed by atoms with E-state index < -0.39 is 5.97 Å². The molecule has 37 heavy (non-hydrogen) atoms. The Morgan fingerprint density at radius 2 is 1.32 bits per heavy atom. The summed E-state index contributed by atoms with van der Waals surface area (Å²) in [7, 11) is 0. The second kappa shape index (κ2) is 12.3. The summed E-state index contributed by atoms with van der Waals surface area (Å²) >= 11 is 0. The van der Waals surface area contributed by atoms with Gasteiger partial charge < -0.3 is 9.64 Å². The molecule has 0 aliphatic rings. The fourth-order valence-electron chi connectivity index (χ4n) is 3.60. The Labute approximate surface area is 216 Å². The summed E-state index contributed by atoms with van der Waals surface area (Å²) < 4.78 is 5.32. The summed E-state index contributed by atoms with van der Waals surface area (Å²) in [6.07, 6.45) is 3.13. The molecule has 0 N–H and O–H groups in total. The molecule has 4 aromatic rings. The number of hydrogen-bond acceptors (Lipinski definition) is 8. The molecule has 4 rings (SSSR count). The number of carbonyl (C=O) groups excluding carboxylic acids is 1. The summed E-state index contributed by atoms with van der Waals surface area (Å²) in [6.45, 7) is 8.16. The average molecular weight is 493 g/mol. The van der Waals surface area contributed by atoms with E-state index in [9.17, 15) is 4.79 Å². The molecule has 0 saturated carbocycles. The van der Waals surface area contributed by atoms with Gasteiger partial charge in [-0.3, -0.25) is 4.98 Å². The van der Waals surface area contributed by atoms with Crippen LogP contribution in [0.15, 0.2) is 112 Å². The number of pyridine rings is 1. The number of aryl methyl sites for hydroxylation is 1. The van der Waals surface area contributed by atoms with Crippen molar-refractivity contribution < 1.29 is 9.53 Å². The van der Waals surface area contributed by atoms with Crippen molar-refractivity contribution in [1.29, 1.82) is 0 Å². The highest BCUT2D eigenvalue weighted by Crippen LogP contribution is 2.28. The van der Waals surface area contributed by atoms with Gasteiger partial charge in [0.05, 0.1) is 28.3 Å². The standard InChI is InChI=1S/C29H28N6O2/c1-4-35(5-2)26-13-10-24(11-14-26)31-33-25-12-15-28(21(3)20-25)34-32-23-8-6-22(7-9-23)29(36)37-27-16-18-30-19-17-27/h6-20H,4-5H2,1-3H3/b33-31+,34-32+. The minimum absolute atomic E-state index is 0.421. The zero-order valence-electron chi connectivity index (χ0n) is 21.1. The zero-order chi connectivity index (χ0) is 26.0. The van der Waals surface area contributed by atoms with Crippen LogP contribution >= 0.6 is 0 Å². The van der Waals surface area contributed by atoms with Gasteiger partial charge in [-0.05, 0) is 105 Å². The third-order valence-corrected chi connectivity index (χ3v) is 5.68. The van der Waals surface area contributed by atoms with E-state index in [0.29, 0.717) is 17.0 Å². The highest BCUT2D eigenvalue weighted by molar-refractivity contribution is 5.91. The molecule has 0 saturated heterocycles. The van der Waals surface area contributed by atoms with E-state index in [-0.39, 0.29) is 0 Å². The van der Waals surface area contributed by atoms with Crippen molar-refractivity contribution in [2.45, 2.75) is 20.8 Å². The van der Waals surface area contributed by atoms with E-state index in [4.69, 9.17) is 4.74 Å². The predicted molar refractivity (Wildman–Crippen MR) is 145 cm³/mol. The maximum absolute atomic E-state index is 12.3. The van der Waals surface area contributed by atoms with Crippen LogP contribution in [0.1, 0.15) is 29.8 Å². The fraction of sp³-hybridized carbons (Fsp3) is 0.172. The molecule has 0 bridgehead atoms. The molecule has 0 atom stereocenters. The molecule has 1 aromatic heterocycles. The largest absolute Gasteiger partial charge is 0.423 e. The first kappa shape index (κ1) is 25.4. The fourth-order valence-corrected chi connectivity index (χ4v) is 3.60. The first-order valence-corrected chi connectivity index (χ1v) is 12.1. The summed E-state index contributed by atoms with van der Waals surface area (Å²) in [5, 5.41) is 17.3. The van der Waals surface area contributed by atoms with Crippen molar-refractivity contribution in [3.8, 4) is 5.75 Å². The van der Waals surface area contributed by atoms with Crippen LogP contribution in [-0.2, 0) is 0 Å². The number of hydrogen-bond donors (Lipinski definition) is 0. The molecule has 1 heterocycles. The van der Waals surface area contributed by atoms with Gasteiger partial charge in [-0.1, -0.05) is 0 Å². The Morgan fingerprint density at radius 1 is 0.757 bits per heavy atom. The summed E-state index contributed by atoms with van der Waals surface area (Å²) in [5.74, 6) is -0.00876. The van der Waals surface area contributed by atoms with E-state index in [1.54, 1.807) is 48.8 Å². The number of esters is 1. The lowest BCUT2D eigenvalue weighted by molar-refractivity contribution is 0.0734. The summed E-state index contributed by atoms with van der Waals surface area (Å²) in [5.41, 5.74) is 5.40. The Morgan fingerprint density at radius 3 is 1.95 bits per heavy atom. The predicted octanol–water partition coefficient (Wildman–Crippen LogP) is 8.29. The number of carbonyl (C=O) groups is 1. The molecule has 8 nitrogen and oxygen atoms in total. The van der Waals surface area contributed by atoms with Crippen LogP contribution in [0.2, 0.25) is 0 Å². The first-order valence-electron chi connectivity index (χ1n) is 12.1. The van der Waals surface area contributed by atoms with E-state index in [1.807, 2.05) is 37.3 Å². The van der Waals surface area contributed by atoms with Crippen LogP contribution in [0.5, 0.6) is 5.75 Å². The SMILES string of the molecule is CCN(CC)c1ccc(/N=N/c2ccc(/N=N/c3ccc(C(=O)Oc4ccncc4)cc3)c(C)c2)cc1. The van der Waals surface area contributed by atoms with Gasteiger partial charge in [0.2, 0.25) is 0 Å². The van der Waals surface area contributed by atoms with E-state index in [0.717, 1.165) is 35.7 Å². The molecule has 0 fully saturated rings. The summed E-state index contributed by atoms with van der Waals surface area (Å²) in [6, 6.07) is 23.7. The summed E-state index contributed by atoms with van der Waals surface area (Å²) in [4.78, 5) is 18.5. The minimum atomic E-state index is -0.449. The molecule has 3 aromatic carbocycles. The minimum Gasteiger partial charge on any atom is -0.423 e. The van der Waals surface area contributed by atoms with Gasteiger partial charge in [-0.2, -0.15) is 20.5 Å². The van der Waals surface area contributed by atoms with Gasteiger partial charge in [0, 0.05) is 31.2 Å². The van der Waals surface area contributed by atoms with Crippen LogP contribution in [0, 0.1) is 6.92 Å². The molecule has 0 spiro atoms. The van der Waals surface area contributed by atoms with Crippen LogP contribution in [-0.4, -0.2) is 24.0 Å². The second-order valence-corrected chi connectivity index (χ2v) is 8.18. The van der Waals surface area contributed by atoms with Crippen molar-refractivity contribution in [3.05, 3.63) is 102 Å². The molecule has 0 aliphatic carbocycles. The van der Waals surface area contributed by atoms with Crippen molar-refractivity contribution >= 4 is 34.4 Å². The smallest absolute Gasteiger partial charge is 0.343 e. The van der Waals surface area contributed by atoms with Crippen molar-refractivity contribution in [3.63, 3.8) is 0 Å². The Kier molecular flexibility index (Phi) is 8.44. The zero-order valence-corrected chi connectivity index (χ0v) is 21.1. The lowest BCUT2D eigenvalue weighted by Gasteiger charge is -2.20. The van der Waals surface area contributed by atoms with Crippen molar-refractivity contribution in [2.75, 3.05) is 18.0 Å². The number of anilines is 1. The van der Waals surface area contributed by atoms with Crippen LogP contribution < -0.4 is 9.64 Å². The number of aromatic nitrogens is 1. The normalized spacial score (nSPS) is 11.2. The number of rotatable bonds is 9. The highest BCUT2D eigenvalue weighted by atomic mass is 16.5. The van der Waals surface area contributed by atoms with E-state index >= 15 is 0 Å². The Balaban J connectivity index is 1.37. The van der Waals surface area contributed by atoms with Gasteiger partial charge in [-0.15, -0.1) is 0 Å². The van der Waals surface area contributed by atoms with Crippen LogP contribution in [0.25, 0.3) is 0 Å². The number of nitrogens with zero attached hydrogens (tertiary/aromatic N) is 6. The van der Waals surface area contributed by atoms with Gasteiger partial charge in [0.1, 0.15) is 5.75 Å². The van der Waals surface area contributed by atoms with Crippen LogP contribution in [0.4, 0.5) is 28.4 Å². The molecule has 0 amide bonds. The van der Waals surface area contributed by atoms with Gasteiger partial charge in [0.25, 0.3) is 0 Å². The number of ether oxygens (including phenoxy) is 1. The lowest BCUT2D eigenvalue weighted by Crippen LogP contribution is -2.21. The molecule has 0 aliphatic heterocycles. The van der Waals surface area contributed by atoms with Crippen molar-refractivity contribution in [1.82, 2.24) is 4.98 Å². The maximum atomic E-state index is 12.3. The first-order chi connectivity index (χ1) is 18.1. The monoisotopic (exact) mass is 492 g/mol. The molecular formula is C29H28N6O2. The number of azo groups is 2. The quantitative estimate of drug-likeness (QED) is 0.174. The average Bonchev–Trinajstić information content (AvgIpc) is 2.93. The third-order valence-electron chi connectivity index (χ3n) is 5.68. The molecule has 0 radical (unpaired) electrons. The van der Waals surface area contributed by atoms with E-state index in [1.165, 1.54) is 5.69 Å². The van der Waals surface area contributed by atoms with Crippen LogP contribution in [0.3, 0.4) is 0 Å². The van der Waals surface area contributed by atoms with E-state index in [2.05, 4.69) is 56.3 Å². The highest BCUT2D eigenvalue weighted by Gasteiger charge is 2.08.